The highest BCUT2D eigenvalue weighted by Crippen LogP contribution is 2.19. The summed E-state index contributed by atoms with van der Waals surface area (Å²) in [5.41, 5.74) is 7.09. The molecule has 0 amide bonds. The van der Waals surface area contributed by atoms with E-state index in [9.17, 15) is 0 Å². The van der Waals surface area contributed by atoms with Crippen molar-refractivity contribution in [3.05, 3.63) is 22.4 Å². The number of rotatable bonds is 3. The molecule has 4 heteroatoms. The Bertz CT molecular complexity index is 313. The standard InChI is InChI=1S/C11H16N2S2/c12-11(14)10-1-4-13(5-2-10)7-9-3-6-15-8-9/h3,6,8,10H,1-2,4-5,7H2,(H2,12,14). The summed E-state index contributed by atoms with van der Waals surface area (Å²) < 4.78 is 0. The second-order valence-corrected chi connectivity index (χ2v) is 5.34. The third-order valence-electron chi connectivity index (χ3n) is 2.98. The van der Waals surface area contributed by atoms with Crippen molar-refractivity contribution in [2.75, 3.05) is 13.1 Å². The minimum absolute atomic E-state index is 0.471. The van der Waals surface area contributed by atoms with E-state index in [4.69, 9.17) is 18.0 Å². The van der Waals surface area contributed by atoms with Crippen LogP contribution in [0.1, 0.15) is 18.4 Å². The van der Waals surface area contributed by atoms with Crippen LogP contribution in [0.15, 0.2) is 16.8 Å². The monoisotopic (exact) mass is 240 g/mol. The van der Waals surface area contributed by atoms with Crippen molar-refractivity contribution in [2.45, 2.75) is 19.4 Å². The number of thiocarbonyl (C=S) groups is 1. The average molecular weight is 240 g/mol. The van der Waals surface area contributed by atoms with Gasteiger partial charge in [-0.05, 0) is 48.3 Å². The quantitative estimate of drug-likeness (QED) is 0.822. The highest BCUT2D eigenvalue weighted by Gasteiger charge is 2.20. The van der Waals surface area contributed by atoms with Gasteiger partial charge in [-0.15, -0.1) is 0 Å². The molecule has 0 saturated carbocycles. The van der Waals surface area contributed by atoms with Crippen LogP contribution in [-0.2, 0) is 6.54 Å². The topological polar surface area (TPSA) is 29.3 Å². The van der Waals surface area contributed by atoms with Crippen LogP contribution in [0.5, 0.6) is 0 Å². The van der Waals surface area contributed by atoms with Crippen molar-refractivity contribution in [3.63, 3.8) is 0 Å². The summed E-state index contributed by atoms with van der Waals surface area (Å²) in [5.74, 6) is 0.471. The first-order chi connectivity index (χ1) is 7.25. The van der Waals surface area contributed by atoms with E-state index in [0.717, 1.165) is 32.5 Å². The molecule has 0 radical (unpaired) electrons. The normalized spacial score (nSPS) is 19.2. The van der Waals surface area contributed by atoms with Crippen LogP contribution in [0, 0.1) is 5.92 Å². The number of nitrogens with zero attached hydrogens (tertiary/aromatic N) is 1. The van der Waals surface area contributed by atoms with Crippen molar-refractivity contribution < 1.29 is 0 Å². The first-order valence-corrected chi connectivity index (χ1v) is 6.63. The van der Waals surface area contributed by atoms with E-state index in [1.807, 2.05) is 0 Å². The minimum atomic E-state index is 0.471. The highest BCUT2D eigenvalue weighted by molar-refractivity contribution is 7.80. The first kappa shape index (κ1) is 11.0. The van der Waals surface area contributed by atoms with E-state index in [1.165, 1.54) is 5.56 Å². The van der Waals surface area contributed by atoms with Crippen LogP contribution >= 0.6 is 23.6 Å². The molecule has 0 unspecified atom stereocenters. The van der Waals surface area contributed by atoms with Gasteiger partial charge in [0.2, 0.25) is 0 Å². The van der Waals surface area contributed by atoms with E-state index in [2.05, 4.69) is 21.7 Å². The fourth-order valence-corrected chi connectivity index (χ4v) is 2.91. The van der Waals surface area contributed by atoms with E-state index in [0.29, 0.717) is 10.9 Å². The van der Waals surface area contributed by atoms with Gasteiger partial charge in [-0.2, -0.15) is 11.3 Å². The first-order valence-electron chi connectivity index (χ1n) is 5.28. The van der Waals surface area contributed by atoms with Gasteiger partial charge in [0, 0.05) is 12.5 Å². The average Bonchev–Trinajstić information content (AvgIpc) is 2.71. The second-order valence-electron chi connectivity index (χ2n) is 4.08. The van der Waals surface area contributed by atoms with Crippen molar-refractivity contribution >= 4 is 28.5 Å². The lowest BCUT2D eigenvalue weighted by Crippen LogP contribution is -2.37. The van der Waals surface area contributed by atoms with Gasteiger partial charge in [0.05, 0.1) is 4.99 Å². The summed E-state index contributed by atoms with van der Waals surface area (Å²) in [7, 11) is 0. The van der Waals surface area contributed by atoms with Crippen LogP contribution in [0.3, 0.4) is 0 Å². The van der Waals surface area contributed by atoms with Gasteiger partial charge >= 0.3 is 0 Å². The van der Waals surface area contributed by atoms with Crippen molar-refractivity contribution in [1.29, 1.82) is 0 Å². The van der Waals surface area contributed by atoms with Gasteiger partial charge in [0.15, 0.2) is 0 Å². The van der Waals surface area contributed by atoms with Gasteiger partial charge < -0.3 is 5.73 Å². The number of thiophene rings is 1. The van der Waals surface area contributed by atoms with Gasteiger partial charge in [0.1, 0.15) is 0 Å². The molecule has 1 aliphatic rings. The molecule has 1 aromatic rings. The number of piperidine rings is 1. The number of likely N-dealkylation sites (tertiary alicyclic amines) is 1. The van der Waals surface area contributed by atoms with E-state index in [1.54, 1.807) is 11.3 Å². The SMILES string of the molecule is NC(=S)C1CCN(Cc2ccsc2)CC1. The molecule has 1 saturated heterocycles. The maximum Gasteiger partial charge on any atom is 0.0759 e. The molecule has 2 nitrogen and oxygen atoms in total. The molecule has 15 heavy (non-hydrogen) atoms. The zero-order valence-corrected chi connectivity index (χ0v) is 10.3. The maximum absolute atomic E-state index is 5.66. The lowest BCUT2D eigenvalue weighted by Gasteiger charge is -2.31. The van der Waals surface area contributed by atoms with Crippen molar-refractivity contribution in [2.24, 2.45) is 11.7 Å². The molecule has 0 aromatic carbocycles. The lowest BCUT2D eigenvalue weighted by molar-refractivity contribution is 0.202. The fraction of sp³-hybridized carbons (Fsp3) is 0.545. The molecule has 1 aliphatic heterocycles. The molecule has 0 aliphatic carbocycles. The Morgan fingerprint density at radius 3 is 2.80 bits per heavy atom. The van der Waals surface area contributed by atoms with E-state index >= 15 is 0 Å². The summed E-state index contributed by atoms with van der Waals surface area (Å²) >= 11 is 6.80. The third kappa shape index (κ3) is 3.00. The maximum atomic E-state index is 5.66. The van der Waals surface area contributed by atoms with Gasteiger partial charge in [0.25, 0.3) is 0 Å². The predicted octanol–water partition coefficient (Wildman–Crippen LogP) is 2.25. The molecular formula is C11H16N2S2. The Kier molecular flexibility index (Phi) is 3.72. The molecule has 0 atom stereocenters. The highest BCUT2D eigenvalue weighted by atomic mass is 32.1. The molecular weight excluding hydrogens is 224 g/mol. The number of hydrogen-bond donors (Lipinski definition) is 1. The number of nitrogens with two attached hydrogens (primary N) is 1. The van der Waals surface area contributed by atoms with Gasteiger partial charge in [-0.1, -0.05) is 12.2 Å². The van der Waals surface area contributed by atoms with Gasteiger partial charge in [-0.3, -0.25) is 4.90 Å². The summed E-state index contributed by atoms with van der Waals surface area (Å²) in [6.45, 7) is 3.32. The molecule has 0 bridgehead atoms. The minimum Gasteiger partial charge on any atom is -0.393 e. The predicted molar refractivity (Wildman–Crippen MR) is 69.1 cm³/mol. The molecule has 1 aromatic heterocycles. The zero-order valence-electron chi connectivity index (χ0n) is 8.69. The van der Waals surface area contributed by atoms with Crippen LogP contribution < -0.4 is 5.73 Å². The zero-order chi connectivity index (χ0) is 10.7. The smallest absolute Gasteiger partial charge is 0.0759 e. The largest absolute Gasteiger partial charge is 0.393 e. The third-order valence-corrected chi connectivity index (χ3v) is 4.04. The van der Waals surface area contributed by atoms with Crippen molar-refractivity contribution in [3.8, 4) is 0 Å². The molecule has 2 heterocycles. The number of hydrogen-bond acceptors (Lipinski definition) is 3. The Morgan fingerprint density at radius 1 is 1.53 bits per heavy atom. The van der Waals surface area contributed by atoms with Gasteiger partial charge in [-0.25, -0.2) is 0 Å². The van der Waals surface area contributed by atoms with Crippen LogP contribution in [0.4, 0.5) is 0 Å². The Hall–Kier alpha value is -0.450. The van der Waals surface area contributed by atoms with Crippen LogP contribution in [-0.4, -0.2) is 23.0 Å². The van der Waals surface area contributed by atoms with Crippen LogP contribution in [0.2, 0.25) is 0 Å². The summed E-state index contributed by atoms with van der Waals surface area (Å²) in [4.78, 5) is 3.18. The Labute approximate surface area is 100 Å². The van der Waals surface area contributed by atoms with Crippen LogP contribution in [0.25, 0.3) is 0 Å². The molecule has 2 rings (SSSR count). The van der Waals surface area contributed by atoms with E-state index < -0.39 is 0 Å². The molecule has 82 valence electrons. The molecule has 2 N–H and O–H groups in total. The fourth-order valence-electron chi connectivity index (χ4n) is 2.02. The Morgan fingerprint density at radius 2 is 2.27 bits per heavy atom. The Balaban J connectivity index is 1.81. The summed E-state index contributed by atoms with van der Waals surface area (Å²) in [6.07, 6.45) is 2.25. The van der Waals surface area contributed by atoms with Crippen molar-refractivity contribution in [1.82, 2.24) is 4.90 Å². The molecule has 0 spiro atoms. The lowest BCUT2D eigenvalue weighted by atomic mass is 9.97. The molecule has 1 fully saturated rings. The second kappa shape index (κ2) is 5.05. The summed E-state index contributed by atoms with van der Waals surface area (Å²) in [5, 5.41) is 4.36. The summed E-state index contributed by atoms with van der Waals surface area (Å²) in [6, 6.07) is 2.20. The van der Waals surface area contributed by atoms with E-state index in [-0.39, 0.29) is 0 Å².